The zero-order valence-electron chi connectivity index (χ0n) is 10.8. The number of nitrogens with zero attached hydrogens (tertiary/aromatic N) is 1. The predicted octanol–water partition coefficient (Wildman–Crippen LogP) is 2.04. The van der Waals surface area contributed by atoms with Crippen LogP contribution in [-0.2, 0) is 23.1 Å². The minimum Gasteiger partial charge on any atom is -0.326 e. The van der Waals surface area contributed by atoms with Gasteiger partial charge in [0.15, 0.2) is 0 Å². The van der Waals surface area contributed by atoms with Crippen molar-refractivity contribution in [2.45, 2.75) is 24.9 Å². The molecule has 1 aromatic heterocycles. The lowest BCUT2D eigenvalue weighted by atomic mass is 10.2. The molecule has 1 heterocycles. The van der Waals surface area contributed by atoms with Crippen LogP contribution in [0.2, 0.25) is 5.02 Å². The van der Waals surface area contributed by atoms with Crippen LogP contribution >= 0.6 is 22.9 Å². The molecular weight excluding hydrogens is 318 g/mol. The molecule has 0 bridgehead atoms. The minimum atomic E-state index is -3.61. The monoisotopic (exact) mass is 331 g/mol. The summed E-state index contributed by atoms with van der Waals surface area (Å²) in [7, 11) is -3.61. The minimum absolute atomic E-state index is 0.118. The van der Waals surface area contributed by atoms with Crippen molar-refractivity contribution in [1.82, 2.24) is 9.71 Å². The Morgan fingerprint density at radius 3 is 2.75 bits per heavy atom. The molecule has 0 spiro atoms. The normalized spacial score (nSPS) is 11.8. The van der Waals surface area contributed by atoms with E-state index in [0.29, 0.717) is 10.6 Å². The van der Waals surface area contributed by atoms with Crippen molar-refractivity contribution in [3.05, 3.63) is 44.9 Å². The second kappa shape index (κ2) is 6.19. The molecule has 0 aliphatic rings. The van der Waals surface area contributed by atoms with Gasteiger partial charge in [-0.3, -0.25) is 0 Å². The first-order chi connectivity index (χ1) is 9.42. The van der Waals surface area contributed by atoms with Crippen LogP contribution in [-0.4, -0.2) is 13.4 Å². The van der Waals surface area contributed by atoms with Crippen molar-refractivity contribution < 1.29 is 8.42 Å². The van der Waals surface area contributed by atoms with E-state index >= 15 is 0 Å². The van der Waals surface area contributed by atoms with Gasteiger partial charge in [0.05, 0.1) is 11.4 Å². The highest BCUT2D eigenvalue weighted by Gasteiger charge is 2.16. The summed E-state index contributed by atoms with van der Waals surface area (Å²) in [6.07, 6.45) is 0. The molecule has 0 aliphatic carbocycles. The second-order valence-electron chi connectivity index (χ2n) is 4.16. The Kier molecular flexibility index (Phi) is 4.77. The molecule has 5 nitrogen and oxygen atoms in total. The van der Waals surface area contributed by atoms with Crippen molar-refractivity contribution in [2.75, 3.05) is 0 Å². The van der Waals surface area contributed by atoms with Crippen LogP contribution in [0, 0.1) is 6.92 Å². The van der Waals surface area contributed by atoms with Crippen LogP contribution < -0.4 is 10.5 Å². The smallest absolute Gasteiger partial charge is 0.241 e. The van der Waals surface area contributed by atoms with Gasteiger partial charge in [-0.25, -0.2) is 18.1 Å². The van der Waals surface area contributed by atoms with E-state index in [1.54, 1.807) is 6.07 Å². The Hall–Kier alpha value is -0.990. The van der Waals surface area contributed by atoms with Gasteiger partial charge in [-0.2, -0.15) is 0 Å². The first kappa shape index (κ1) is 15.4. The van der Waals surface area contributed by atoms with Gasteiger partial charge >= 0.3 is 0 Å². The van der Waals surface area contributed by atoms with Gasteiger partial charge < -0.3 is 5.73 Å². The summed E-state index contributed by atoms with van der Waals surface area (Å²) in [5.41, 5.74) is 7.07. The van der Waals surface area contributed by atoms with Crippen LogP contribution in [0.4, 0.5) is 0 Å². The summed E-state index contributed by atoms with van der Waals surface area (Å²) < 4.78 is 26.8. The number of sulfonamides is 1. The lowest BCUT2D eigenvalue weighted by Gasteiger charge is -2.07. The number of halogens is 1. The number of aromatic nitrogens is 1. The number of nitrogens with one attached hydrogen (secondary N) is 1. The zero-order chi connectivity index (χ0) is 14.8. The Balaban J connectivity index is 2.15. The molecule has 0 amide bonds. The van der Waals surface area contributed by atoms with Crippen LogP contribution in [0.15, 0.2) is 28.5 Å². The maximum atomic E-state index is 12.1. The fourth-order valence-electron chi connectivity index (χ4n) is 1.58. The van der Waals surface area contributed by atoms with E-state index in [1.165, 1.54) is 23.5 Å². The molecular formula is C12H14ClN3O2S2. The number of thiazole rings is 1. The first-order valence-electron chi connectivity index (χ1n) is 5.81. The summed E-state index contributed by atoms with van der Waals surface area (Å²) in [6, 6.07) is 4.51. The number of aryl methyl sites for hydroxylation is 1. The third-order valence-electron chi connectivity index (χ3n) is 2.63. The lowest BCUT2D eigenvalue weighted by molar-refractivity contribution is 0.581. The number of hydrogen-bond acceptors (Lipinski definition) is 5. The van der Waals surface area contributed by atoms with E-state index in [1.807, 2.05) is 12.3 Å². The SMILES string of the molecule is Cc1csc(CNS(=O)(=O)c2ccc(CN)c(Cl)c2)n1. The maximum Gasteiger partial charge on any atom is 0.241 e. The van der Waals surface area contributed by atoms with Crippen LogP contribution in [0.1, 0.15) is 16.3 Å². The van der Waals surface area contributed by atoms with Gasteiger partial charge in [-0.15, -0.1) is 11.3 Å². The van der Waals surface area contributed by atoms with Crippen molar-refractivity contribution in [1.29, 1.82) is 0 Å². The lowest BCUT2D eigenvalue weighted by Crippen LogP contribution is -2.23. The molecule has 1 aromatic carbocycles. The molecule has 20 heavy (non-hydrogen) atoms. The van der Waals surface area contributed by atoms with E-state index < -0.39 is 10.0 Å². The summed E-state index contributed by atoms with van der Waals surface area (Å²) >= 11 is 7.39. The van der Waals surface area contributed by atoms with Crippen LogP contribution in [0.25, 0.3) is 0 Å². The standard InChI is InChI=1S/C12H14ClN3O2S2/c1-8-7-19-12(16-8)6-15-20(17,18)10-3-2-9(5-14)11(13)4-10/h2-4,7,15H,5-6,14H2,1H3. The zero-order valence-corrected chi connectivity index (χ0v) is 13.1. The third-order valence-corrected chi connectivity index (χ3v) is 5.35. The van der Waals surface area contributed by atoms with Crippen molar-refractivity contribution >= 4 is 33.0 Å². The second-order valence-corrected chi connectivity index (χ2v) is 7.28. The molecule has 3 N–H and O–H groups in total. The summed E-state index contributed by atoms with van der Waals surface area (Å²) in [4.78, 5) is 4.32. The van der Waals surface area contributed by atoms with E-state index in [4.69, 9.17) is 17.3 Å². The first-order valence-corrected chi connectivity index (χ1v) is 8.55. The molecule has 0 saturated heterocycles. The molecule has 0 radical (unpaired) electrons. The van der Waals surface area contributed by atoms with Crippen molar-refractivity contribution in [3.8, 4) is 0 Å². The molecule has 8 heteroatoms. The Bertz CT molecular complexity index is 713. The van der Waals surface area contributed by atoms with E-state index in [0.717, 1.165) is 10.7 Å². The topological polar surface area (TPSA) is 85.1 Å². The average Bonchev–Trinajstić information content (AvgIpc) is 2.82. The van der Waals surface area contributed by atoms with Gasteiger partial charge in [0.25, 0.3) is 0 Å². The van der Waals surface area contributed by atoms with Crippen LogP contribution in [0.5, 0.6) is 0 Å². The molecule has 0 aliphatic heterocycles. The molecule has 0 fully saturated rings. The molecule has 2 aromatic rings. The highest BCUT2D eigenvalue weighted by Crippen LogP contribution is 2.20. The Morgan fingerprint density at radius 2 is 2.20 bits per heavy atom. The maximum absolute atomic E-state index is 12.1. The fraction of sp³-hybridized carbons (Fsp3) is 0.250. The Morgan fingerprint density at radius 1 is 1.45 bits per heavy atom. The molecule has 0 saturated carbocycles. The molecule has 108 valence electrons. The predicted molar refractivity (Wildman–Crippen MR) is 80.2 cm³/mol. The third kappa shape index (κ3) is 3.56. The Labute approximate surface area is 126 Å². The van der Waals surface area contributed by atoms with Crippen molar-refractivity contribution in [3.63, 3.8) is 0 Å². The highest BCUT2D eigenvalue weighted by molar-refractivity contribution is 7.89. The summed E-state index contributed by atoms with van der Waals surface area (Å²) in [5, 5.41) is 2.94. The van der Waals surface area contributed by atoms with Gasteiger partial charge in [0.1, 0.15) is 5.01 Å². The number of rotatable bonds is 5. The largest absolute Gasteiger partial charge is 0.326 e. The quantitative estimate of drug-likeness (QED) is 0.878. The summed E-state index contributed by atoms with van der Waals surface area (Å²) in [6.45, 7) is 2.29. The average molecular weight is 332 g/mol. The van der Waals surface area contributed by atoms with E-state index in [9.17, 15) is 8.42 Å². The van der Waals surface area contributed by atoms with Gasteiger partial charge in [-0.1, -0.05) is 17.7 Å². The molecule has 0 atom stereocenters. The fourth-order valence-corrected chi connectivity index (χ4v) is 3.72. The molecule has 2 rings (SSSR count). The number of hydrogen-bond donors (Lipinski definition) is 2. The number of nitrogens with two attached hydrogens (primary N) is 1. The summed E-state index contributed by atoms with van der Waals surface area (Å²) in [5.74, 6) is 0. The van der Waals surface area contributed by atoms with Crippen LogP contribution in [0.3, 0.4) is 0 Å². The molecule has 0 unspecified atom stereocenters. The number of benzene rings is 1. The van der Waals surface area contributed by atoms with E-state index in [-0.39, 0.29) is 18.0 Å². The van der Waals surface area contributed by atoms with Gasteiger partial charge in [0, 0.05) is 22.6 Å². The van der Waals surface area contributed by atoms with E-state index in [2.05, 4.69) is 9.71 Å². The van der Waals surface area contributed by atoms with Gasteiger partial charge in [-0.05, 0) is 24.6 Å². The van der Waals surface area contributed by atoms with Crippen molar-refractivity contribution in [2.24, 2.45) is 5.73 Å². The van der Waals surface area contributed by atoms with Gasteiger partial charge in [0.2, 0.25) is 10.0 Å². The highest BCUT2D eigenvalue weighted by atomic mass is 35.5.